The van der Waals surface area contributed by atoms with Gasteiger partial charge in [-0.25, -0.2) is 0 Å². The van der Waals surface area contributed by atoms with E-state index in [9.17, 15) is 37.5 Å². The van der Waals surface area contributed by atoms with E-state index in [-0.39, 0.29) is 30.7 Å². The van der Waals surface area contributed by atoms with Gasteiger partial charge in [-0.3, -0.25) is 29.2 Å². The van der Waals surface area contributed by atoms with E-state index in [0.29, 0.717) is 19.4 Å². The van der Waals surface area contributed by atoms with Gasteiger partial charge in [-0.05, 0) is 50.0 Å². The van der Waals surface area contributed by atoms with E-state index in [1.807, 2.05) is 0 Å². The van der Waals surface area contributed by atoms with Crippen molar-refractivity contribution < 1.29 is 42.2 Å². The zero-order valence-electron chi connectivity index (χ0n) is 19.3. The minimum absolute atomic E-state index is 0.0386. The fourth-order valence-corrected chi connectivity index (χ4v) is 4.74. The molecule has 2 saturated heterocycles. The van der Waals surface area contributed by atoms with Crippen LogP contribution < -0.4 is 10.6 Å². The number of hydrogen-bond donors (Lipinski definition) is 3. The average molecular weight is 492 g/mol. The molecule has 0 aromatic rings. The van der Waals surface area contributed by atoms with Crippen LogP contribution in [0, 0.1) is 17.3 Å². The van der Waals surface area contributed by atoms with E-state index in [4.69, 9.17) is 0 Å². The van der Waals surface area contributed by atoms with Gasteiger partial charge < -0.3 is 15.3 Å². The number of ketones is 2. The molecule has 3 fully saturated rings. The highest BCUT2D eigenvalue weighted by Crippen LogP contribution is 2.54. The van der Waals surface area contributed by atoms with Crippen LogP contribution in [0.1, 0.15) is 52.4 Å². The molecule has 34 heavy (non-hydrogen) atoms. The van der Waals surface area contributed by atoms with Crippen LogP contribution in [0.2, 0.25) is 0 Å². The molecule has 3 aliphatic rings. The predicted octanol–water partition coefficient (Wildman–Crippen LogP) is 0.891. The highest BCUT2D eigenvalue weighted by Gasteiger charge is 2.56. The Hall–Kier alpha value is -2.05. The molecule has 9 nitrogen and oxygen atoms in total. The summed E-state index contributed by atoms with van der Waals surface area (Å²) in [5.74, 6) is -3.53. The van der Waals surface area contributed by atoms with Crippen LogP contribution in [0.25, 0.3) is 0 Å². The maximum absolute atomic E-state index is 13.2. The van der Waals surface area contributed by atoms with Gasteiger partial charge in [0.25, 0.3) is 5.91 Å². The van der Waals surface area contributed by atoms with Gasteiger partial charge in [-0.1, -0.05) is 13.8 Å². The highest BCUT2D eigenvalue weighted by atomic mass is 19.4. The number of ether oxygens (including phenoxy) is 1. The van der Waals surface area contributed by atoms with Crippen LogP contribution in [0.15, 0.2) is 0 Å². The molecule has 1 spiro atoms. The number of nitrogens with one attached hydrogen (secondary N) is 2. The number of rotatable bonds is 10. The molecular weight excluding hydrogens is 459 g/mol. The smallest absolute Gasteiger partial charge is 0.378 e. The van der Waals surface area contributed by atoms with Crippen molar-refractivity contribution in [3.8, 4) is 0 Å². The third-order valence-corrected chi connectivity index (χ3v) is 6.80. The third-order valence-electron chi connectivity index (χ3n) is 6.80. The Morgan fingerprint density at radius 1 is 1.24 bits per heavy atom. The second-order valence-electron chi connectivity index (χ2n) is 10.1. The Morgan fingerprint density at radius 3 is 2.44 bits per heavy atom. The van der Waals surface area contributed by atoms with Crippen LogP contribution >= 0.6 is 0 Å². The summed E-state index contributed by atoms with van der Waals surface area (Å²) in [6.07, 6.45) is -3.60. The zero-order chi connectivity index (χ0) is 25.3. The van der Waals surface area contributed by atoms with E-state index in [1.165, 1.54) is 4.90 Å². The Morgan fingerprint density at radius 2 is 1.91 bits per heavy atom. The second-order valence-corrected chi connectivity index (χ2v) is 10.1. The van der Waals surface area contributed by atoms with Crippen molar-refractivity contribution in [2.75, 3.05) is 19.7 Å². The number of halogens is 3. The van der Waals surface area contributed by atoms with Gasteiger partial charge in [0, 0.05) is 18.9 Å². The van der Waals surface area contributed by atoms with Crippen LogP contribution in [0.5, 0.6) is 0 Å². The van der Waals surface area contributed by atoms with Crippen molar-refractivity contribution in [2.24, 2.45) is 17.3 Å². The molecule has 0 aromatic carbocycles. The summed E-state index contributed by atoms with van der Waals surface area (Å²) in [5, 5.41) is 15.3. The lowest BCUT2D eigenvalue weighted by molar-refractivity contribution is -0.321. The Balaban J connectivity index is 1.73. The number of amides is 2. The summed E-state index contributed by atoms with van der Waals surface area (Å²) >= 11 is 0. The Kier molecular flexibility index (Phi) is 8.03. The molecule has 1 saturated carbocycles. The van der Waals surface area contributed by atoms with Gasteiger partial charge in [0.1, 0.15) is 18.9 Å². The van der Waals surface area contributed by atoms with Crippen molar-refractivity contribution in [3.05, 3.63) is 0 Å². The fourth-order valence-electron chi connectivity index (χ4n) is 4.74. The largest absolute Gasteiger partial charge is 0.522 e. The maximum Gasteiger partial charge on any atom is 0.522 e. The van der Waals surface area contributed by atoms with Gasteiger partial charge in [0.2, 0.25) is 11.7 Å². The van der Waals surface area contributed by atoms with Crippen LogP contribution in [0.3, 0.4) is 0 Å². The first-order valence-corrected chi connectivity index (χ1v) is 11.6. The summed E-state index contributed by atoms with van der Waals surface area (Å²) in [6, 6.07) is -2.33. The standard InChI is InChI=1S/C22H32F3N3O6/c1-12(2)7-16(29)20(33)28-11-21(4-5-21)9-15(28)19(32)27-14(8-13-3-6-26-18(13)31)17(30)10-34-22(23,24)25/h12-15,18,26,31H,3-11H2,1-2H3,(H,27,32)/t13-,14-,15-,18?/m0/s1. The average Bonchev–Trinajstić information content (AvgIpc) is 3.19. The molecule has 2 aliphatic heterocycles. The summed E-state index contributed by atoms with van der Waals surface area (Å²) < 4.78 is 41.0. The van der Waals surface area contributed by atoms with E-state index in [1.54, 1.807) is 13.8 Å². The molecule has 2 amide bonds. The molecule has 3 N–H and O–H groups in total. The van der Waals surface area contributed by atoms with Gasteiger partial charge in [-0.2, -0.15) is 0 Å². The summed E-state index contributed by atoms with van der Waals surface area (Å²) in [5.41, 5.74) is -0.236. The number of aliphatic hydroxyl groups is 1. The zero-order valence-corrected chi connectivity index (χ0v) is 19.3. The minimum atomic E-state index is -5.01. The molecule has 12 heteroatoms. The molecule has 0 aromatic heterocycles. The molecule has 2 heterocycles. The summed E-state index contributed by atoms with van der Waals surface area (Å²) in [4.78, 5) is 52.2. The van der Waals surface area contributed by atoms with Crippen molar-refractivity contribution in [1.82, 2.24) is 15.5 Å². The quantitative estimate of drug-likeness (QED) is 0.388. The minimum Gasteiger partial charge on any atom is -0.378 e. The number of Topliss-reactive ketones (excluding diaryl/α,β-unsaturated/α-hetero) is 2. The van der Waals surface area contributed by atoms with Gasteiger partial charge in [0.05, 0.1) is 6.04 Å². The normalized spacial score (nSPS) is 26.7. The second kappa shape index (κ2) is 10.3. The number of nitrogens with zero attached hydrogens (tertiary/aromatic N) is 1. The molecule has 1 aliphatic carbocycles. The van der Waals surface area contributed by atoms with Crippen molar-refractivity contribution in [1.29, 1.82) is 0 Å². The van der Waals surface area contributed by atoms with Crippen LogP contribution in [-0.2, 0) is 23.9 Å². The molecule has 0 radical (unpaired) electrons. The summed E-state index contributed by atoms with van der Waals surface area (Å²) in [6.45, 7) is 3.04. The molecule has 4 atom stereocenters. The van der Waals surface area contributed by atoms with E-state index in [0.717, 1.165) is 12.8 Å². The van der Waals surface area contributed by atoms with Crippen molar-refractivity contribution in [3.63, 3.8) is 0 Å². The lowest BCUT2D eigenvalue weighted by Gasteiger charge is -2.27. The first-order valence-electron chi connectivity index (χ1n) is 11.6. The van der Waals surface area contributed by atoms with Crippen molar-refractivity contribution in [2.45, 2.75) is 77.0 Å². The van der Waals surface area contributed by atoms with E-state index in [2.05, 4.69) is 15.4 Å². The predicted molar refractivity (Wildman–Crippen MR) is 112 cm³/mol. The van der Waals surface area contributed by atoms with E-state index >= 15 is 0 Å². The molecule has 0 bridgehead atoms. The lowest BCUT2D eigenvalue weighted by Crippen LogP contribution is -2.53. The lowest BCUT2D eigenvalue weighted by atomic mass is 9.94. The van der Waals surface area contributed by atoms with Crippen LogP contribution in [0.4, 0.5) is 13.2 Å². The fraction of sp³-hybridized carbons (Fsp3) is 0.818. The molecular formula is C22H32F3N3O6. The monoisotopic (exact) mass is 491 g/mol. The number of likely N-dealkylation sites (tertiary alicyclic amines) is 1. The first kappa shape index (κ1) is 26.6. The number of carbonyl (C=O) groups excluding carboxylic acids is 4. The highest BCUT2D eigenvalue weighted by molar-refractivity contribution is 6.36. The Bertz CT molecular complexity index is 814. The number of hydrogen-bond acceptors (Lipinski definition) is 7. The maximum atomic E-state index is 13.2. The van der Waals surface area contributed by atoms with Gasteiger partial charge in [0.15, 0.2) is 5.78 Å². The number of alkyl halides is 3. The van der Waals surface area contributed by atoms with Gasteiger partial charge >= 0.3 is 6.36 Å². The van der Waals surface area contributed by atoms with Crippen LogP contribution in [-0.4, -0.2) is 77.8 Å². The third kappa shape index (κ3) is 6.76. The first-order chi connectivity index (χ1) is 15.8. The molecule has 3 rings (SSSR count). The summed E-state index contributed by atoms with van der Waals surface area (Å²) in [7, 11) is 0. The number of aliphatic hydroxyl groups excluding tert-OH is 1. The van der Waals surface area contributed by atoms with Gasteiger partial charge in [-0.15, -0.1) is 13.2 Å². The van der Waals surface area contributed by atoms with E-state index < -0.39 is 60.6 Å². The van der Waals surface area contributed by atoms with Crippen molar-refractivity contribution >= 4 is 23.4 Å². The number of carbonyl (C=O) groups is 4. The molecule has 192 valence electrons. The topological polar surface area (TPSA) is 125 Å². The SMILES string of the molecule is CC(C)CC(=O)C(=O)N1CC2(CC2)C[C@H]1C(=O)N[C@@H](C[C@@H]1CCNC1O)C(=O)COC(F)(F)F. The molecule has 1 unspecified atom stereocenters. The Labute approximate surface area is 195 Å².